The number of ether oxygens (including phenoxy) is 1. The molecule has 30 heavy (non-hydrogen) atoms. The van der Waals surface area contributed by atoms with Crippen LogP contribution in [-0.2, 0) is 17.7 Å². The van der Waals surface area contributed by atoms with Crippen LogP contribution >= 0.6 is 0 Å². The van der Waals surface area contributed by atoms with Crippen molar-refractivity contribution in [1.29, 1.82) is 0 Å². The lowest BCUT2D eigenvalue weighted by atomic mass is 9.97. The van der Waals surface area contributed by atoms with Crippen molar-refractivity contribution in [2.75, 3.05) is 37.7 Å². The fourth-order valence-electron chi connectivity index (χ4n) is 3.98. The molecule has 0 amide bonds. The summed E-state index contributed by atoms with van der Waals surface area (Å²) < 4.78 is 5.43. The van der Waals surface area contributed by atoms with Gasteiger partial charge in [-0.1, -0.05) is 12.1 Å². The van der Waals surface area contributed by atoms with E-state index in [-0.39, 0.29) is 0 Å². The second kappa shape index (κ2) is 8.67. The van der Waals surface area contributed by atoms with E-state index in [2.05, 4.69) is 62.8 Å². The van der Waals surface area contributed by atoms with Crippen molar-refractivity contribution in [3.05, 3.63) is 66.1 Å². The molecule has 3 aromatic rings. The molecule has 0 aromatic carbocycles. The Kier molecular flexibility index (Phi) is 5.44. The summed E-state index contributed by atoms with van der Waals surface area (Å²) in [7, 11) is 0. The third-order valence-corrected chi connectivity index (χ3v) is 5.62. The average Bonchev–Trinajstić information content (AvgIpc) is 3.22. The van der Waals surface area contributed by atoms with E-state index in [9.17, 15) is 0 Å². The normalized spacial score (nSPS) is 19.1. The van der Waals surface area contributed by atoms with Crippen LogP contribution in [0.4, 0.5) is 5.82 Å². The number of hydrogen-bond acceptors (Lipinski definition) is 6. The molecular formula is C23H26N6O. The van der Waals surface area contributed by atoms with E-state index in [1.165, 1.54) is 10.9 Å². The summed E-state index contributed by atoms with van der Waals surface area (Å²) in [5.41, 5.74) is 3.26. The second-order valence-electron chi connectivity index (χ2n) is 7.70. The van der Waals surface area contributed by atoms with Crippen LogP contribution in [0.15, 0.2) is 59.9 Å². The maximum Gasteiger partial charge on any atom is 0.137 e. The minimum atomic E-state index is 0.400. The van der Waals surface area contributed by atoms with Gasteiger partial charge >= 0.3 is 0 Å². The number of rotatable bonds is 5. The number of amidine groups is 1. The van der Waals surface area contributed by atoms with Gasteiger partial charge in [0.15, 0.2) is 0 Å². The first-order chi connectivity index (χ1) is 14.8. The zero-order chi connectivity index (χ0) is 20.2. The van der Waals surface area contributed by atoms with Crippen molar-refractivity contribution in [2.45, 2.75) is 13.0 Å². The maximum absolute atomic E-state index is 5.43. The van der Waals surface area contributed by atoms with Crippen LogP contribution in [0.1, 0.15) is 11.3 Å². The lowest BCUT2D eigenvalue weighted by Crippen LogP contribution is -2.37. The molecule has 3 aromatic heterocycles. The minimum absolute atomic E-state index is 0.400. The molecule has 2 N–H and O–H groups in total. The Morgan fingerprint density at radius 1 is 1.17 bits per heavy atom. The molecule has 5 rings (SSSR count). The summed E-state index contributed by atoms with van der Waals surface area (Å²) in [5, 5.41) is 4.62. The van der Waals surface area contributed by atoms with Crippen LogP contribution in [0.3, 0.4) is 0 Å². The molecule has 1 unspecified atom stereocenters. The quantitative estimate of drug-likeness (QED) is 0.686. The van der Waals surface area contributed by atoms with Gasteiger partial charge in [-0.3, -0.25) is 4.99 Å². The Morgan fingerprint density at radius 3 is 2.97 bits per heavy atom. The number of pyridine rings is 2. The Bertz CT molecular complexity index is 1070. The monoisotopic (exact) mass is 402 g/mol. The summed E-state index contributed by atoms with van der Waals surface area (Å²) in [4.78, 5) is 19.4. The number of aromatic nitrogens is 3. The summed E-state index contributed by atoms with van der Waals surface area (Å²) in [6.45, 7) is 4.78. The van der Waals surface area contributed by atoms with Crippen molar-refractivity contribution < 1.29 is 4.74 Å². The van der Waals surface area contributed by atoms with Gasteiger partial charge in [-0.05, 0) is 42.3 Å². The van der Waals surface area contributed by atoms with Crippen LogP contribution in [0, 0.1) is 5.92 Å². The van der Waals surface area contributed by atoms with Crippen molar-refractivity contribution in [1.82, 2.24) is 20.3 Å². The number of nitrogens with one attached hydrogen (secondary N) is 2. The molecule has 1 atom stereocenters. The number of nitrogens with zero attached hydrogens (tertiary/aromatic N) is 4. The fourth-order valence-corrected chi connectivity index (χ4v) is 3.98. The Balaban J connectivity index is 1.16. The molecule has 2 aliphatic heterocycles. The number of dihydropyridines is 1. The Labute approximate surface area is 175 Å². The highest BCUT2D eigenvalue weighted by Crippen LogP contribution is 2.21. The van der Waals surface area contributed by atoms with Gasteiger partial charge in [0, 0.05) is 43.3 Å². The maximum atomic E-state index is 5.43. The van der Waals surface area contributed by atoms with Crippen LogP contribution in [0.2, 0.25) is 0 Å². The highest BCUT2D eigenvalue weighted by Gasteiger charge is 2.15. The highest BCUT2D eigenvalue weighted by atomic mass is 16.5. The van der Waals surface area contributed by atoms with Gasteiger partial charge in [-0.25, -0.2) is 9.97 Å². The first-order valence-corrected chi connectivity index (χ1v) is 10.5. The molecular weight excluding hydrogens is 376 g/mol. The van der Waals surface area contributed by atoms with Gasteiger partial charge in [0.25, 0.3) is 0 Å². The van der Waals surface area contributed by atoms with E-state index >= 15 is 0 Å². The number of anilines is 1. The molecule has 0 bridgehead atoms. The molecule has 7 heteroatoms. The standard InChI is InChI=1S/C23H26N6O/c1-3-19(28-22(5-1)29-9-11-30-12-10-29)16-26-21-7-6-17(14-25-21)13-18-15-27-23-20(18)4-2-8-24-23/h1-8,15,17H,9-14,16H2,(H,24,27)(H,25,26). The van der Waals surface area contributed by atoms with Crippen LogP contribution in [0.25, 0.3) is 11.0 Å². The van der Waals surface area contributed by atoms with Gasteiger partial charge in [-0.15, -0.1) is 0 Å². The molecule has 154 valence electrons. The SMILES string of the molecule is C1=CC(Cc2c[nH]c3ncccc23)CN=C1NCc1cccc(N2CCOCC2)n1. The van der Waals surface area contributed by atoms with E-state index < -0.39 is 0 Å². The number of aromatic amines is 1. The zero-order valence-electron chi connectivity index (χ0n) is 16.9. The number of aliphatic imine (C=N–C) groups is 1. The predicted octanol–water partition coefficient (Wildman–Crippen LogP) is 2.71. The van der Waals surface area contributed by atoms with Crippen molar-refractivity contribution in [3.8, 4) is 0 Å². The topological polar surface area (TPSA) is 78.4 Å². The predicted molar refractivity (Wildman–Crippen MR) is 119 cm³/mol. The average molecular weight is 403 g/mol. The minimum Gasteiger partial charge on any atom is -0.378 e. The van der Waals surface area contributed by atoms with Gasteiger partial charge in [-0.2, -0.15) is 0 Å². The van der Waals surface area contributed by atoms with Crippen molar-refractivity contribution >= 4 is 22.7 Å². The summed E-state index contributed by atoms with van der Waals surface area (Å²) in [6, 6.07) is 10.3. The molecule has 5 heterocycles. The molecule has 0 spiro atoms. The van der Waals surface area contributed by atoms with Gasteiger partial charge in [0.2, 0.25) is 0 Å². The summed E-state index contributed by atoms with van der Waals surface area (Å²) in [6.07, 6.45) is 9.18. The lowest BCUT2D eigenvalue weighted by Gasteiger charge is -2.28. The molecule has 0 radical (unpaired) electrons. The highest BCUT2D eigenvalue weighted by molar-refractivity contribution is 5.93. The van der Waals surface area contributed by atoms with Crippen LogP contribution in [0.5, 0.6) is 0 Å². The van der Waals surface area contributed by atoms with Crippen molar-refractivity contribution in [2.24, 2.45) is 10.9 Å². The first kappa shape index (κ1) is 18.8. The number of morpholine rings is 1. The second-order valence-corrected chi connectivity index (χ2v) is 7.70. The molecule has 1 saturated heterocycles. The number of hydrogen-bond donors (Lipinski definition) is 2. The Morgan fingerprint density at radius 2 is 2.10 bits per heavy atom. The zero-order valence-corrected chi connectivity index (χ0v) is 16.9. The third-order valence-electron chi connectivity index (χ3n) is 5.62. The fraction of sp³-hybridized carbons (Fsp3) is 0.348. The summed E-state index contributed by atoms with van der Waals surface area (Å²) in [5.74, 6) is 2.34. The molecule has 2 aliphatic rings. The first-order valence-electron chi connectivity index (χ1n) is 10.5. The number of fused-ring (bicyclic) bond motifs is 1. The van der Waals surface area contributed by atoms with E-state index in [1.807, 2.05) is 12.3 Å². The lowest BCUT2D eigenvalue weighted by molar-refractivity contribution is 0.122. The largest absolute Gasteiger partial charge is 0.378 e. The molecule has 0 aliphatic carbocycles. The van der Waals surface area contributed by atoms with Crippen LogP contribution in [-0.4, -0.2) is 53.6 Å². The van der Waals surface area contributed by atoms with Crippen LogP contribution < -0.4 is 10.2 Å². The Hall–Kier alpha value is -3.19. The van der Waals surface area contributed by atoms with E-state index in [1.54, 1.807) is 0 Å². The third kappa shape index (κ3) is 4.21. The summed E-state index contributed by atoms with van der Waals surface area (Å²) >= 11 is 0. The van der Waals surface area contributed by atoms with E-state index in [0.717, 1.165) is 62.3 Å². The van der Waals surface area contributed by atoms with E-state index in [0.29, 0.717) is 12.5 Å². The van der Waals surface area contributed by atoms with Gasteiger partial charge in [0.05, 0.1) is 25.5 Å². The molecule has 0 saturated carbocycles. The number of H-pyrrole nitrogens is 1. The van der Waals surface area contributed by atoms with Gasteiger partial charge in [0.1, 0.15) is 17.3 Å². The molecule has 7 nitrogen and oxygen atoms in total. The van der Waals surface area contributed by atoms with Gasteiger partial charge < -0.3 is 19.9 Å². The van der Waals surface area contributed by atoms with E-state index in [4.69, 9.17) is 14.7 Å². The van der Waals surface area contributed by atoms with Crippen molar-refractivity contribution in [3.63, 3.8) is 0 Å². The smallest absolute Gasteiger partial charge is 0.137 e. The molecule has 1 fully saturated rings.